The van der Waals surface area contributed by atoms with Crippen molar-refractivity contribution in [3.63, 3.8) is 0 Å². The molecule has 0 spiro atoms. The maximum atomic E-state index is 13.1. The third kappa shape index (κ3) is 6.45. The summed E-state index contributed by atoms with van der Waals surface area (Å²) in [5.74, 6) is 0.563. The maximum absolute atomic E-state index is 13.1. The number of carbonyl (C=O) groups excluding carboxylic acids is 2. The fourth-order valence-corrected chi connectivity index (χ4v) is 3.95. The predicted octanol–water partition coefficient (Wildman–Crippen LogP) is 3.32. The molecule has 1 unspecified atom stereocenters. The average Bonchev–Trinajstić information content (AvgIpc) is 3.08. The van der Waals surface area contributed by atoms with E-state index in [1.165, 1.54) is 11.8 Å². The van der Waals surface area contributed by atoms with Gasteiger partial charge in [0.05, 0.1) is 26.0 Å². The highest BCUT2D eigenvalue weighted by molar-refractivity contribution is 8.14. The van der Waals surface area contributed by atoms with E-state index in [0.717, 1.165) is 16.9 Å². The van der Waals surface area contributed by atoms with Crippen molar-refractivity contribution >= 4 is 34.8 Å². The number of rotatable bonds is 9. The Morgan fingerprint density at radius 2 is 1.88 bits per heavy atom. The zero-order chi connectivity index (χ0) is 22.9. The molecule has 1 aliphatic rings. The molecule has 1 N–H and O–H groups in total. The second-order valence-electron chi connectivity index (χ2n) is 7.29. The van der Waals surface area contributed by atoms with Crippen LogP contribution in [0, 0.1) is 0 Å². The molecule has 0 aromatic heterocycles. The summed E-state index contributed by atoms with van der Waals surface area (Å²) in [6.07, 6.45) is 1.74. The van der Waals surface area contributed by atoms with Crippen molar-refractivity contribution in [2.45, 2.75) is 19.5 Å². The van der Waals surface area contributed by atoms with Crippen molar-refractivity contribution in [2.75, 3.05) is 26.6 Å². The van der Waals surface area contributed by atoms with Gasteiger partial charge >= 0.3 is 0 Å². The molecule has 0 saturated heterocycles. The Bertz CT molecular complexity index is 990. The van der Waals surface area contributed by atoms with Gasteiger partial charge < -0.3 is 14.8 Å². The van der Waals surface area contributed by atoms with Crippen LogP contribution in [0.4, 0.5) is 0 Å². The van der Waals surface area contributed by atoms with E-state index in [9.17, 15) is 9.59 Å². The first-order valence-corrected chi connectivity index (χ1v) is 11.2. The van der Waals surface area contributed by atoms with Gasteiger partial charge in [-0.15, -0.1) is 0 Å². The number of methoxy groups -OCH3 is 2. The summed E-state index contributed by atoms with van der Waals surface area (Å²) in [5.41, 5.74) is 2.16. The fourth-order valence-electron chi connectivity index (χ4n) is 3.14. The summed E-state index contributed by atoms with van der Waals surface area (Å²) in [6.45, 7) is 2.69. The van der Waals surface area contributed by atoms with E-state index in [2.05, 4.69) is 10.3 Å². The van der Waals surface area contributed by atoms with Gasteiger partial charge in [0.2, 0.25) is 5.91 Å². The van der Waals surface area contributed by atoms with Crippen LogP contribution in [0.2, 0.25) is 0 Å². The first kappa shape index (κ1) is 23.6. The summed E-state index contributed by atoms with van der Waals surface area (Å²) in [6, 6.07) is 17.0. The fraction of sp³-hybridized carbons (Fsp3) is 0.292. The molecule has 0 bridgehead atoms. The van der Waals surface area contributed by atoms with E-state index >= 15 is 0 Å². The summed E-state index contributed by atoms with van der Waals surface area (Å²) in [5, 5.41) is 3.38. The van der Waals surface area contributed by atoms with Crippen molar-refractivity contribution in [2.24, 2.45) is 4.99 Å². The zero-order valence-electron chi connectivity index (χ0n) is 18.4. The van der Waals surface area contributed by atoms with Gasteiger partial charge in [0, 0.05) is 13.2 Å². The maximum Gasteiger partial charge on any atom is 0.278 e. The van der Waals surface area contributed by atoms with Crippen molar-refractivity contribution in [1.29, 1.82) is 0 Å². The van der Waals surface area contributed by atoms with Crippen LogP contribution in [-0.2, 0) is 20.9 Å². The Morgan fingerprint density at radius 1 is 1.16 bits per heavy atom. The first-order valence-electron chi connectivity index (χ1n) is 10.2. The molecule has 32 heavy (non-hydrogen) atoms. The topological polar surface area (TPSA) is 80.2 Å². The molecule has 0 aliphatic carbocycles. The number of amides is 2. The minimum absolute atomic E-state index is 0.0915. The Morgan fingerprint density at radius 3 is 2.53 bits per heavy atom. The molecule has 1 aliphatic heterocycles. The van der Waals surface area contributed by atoms with Gasteiger partial charge in [-0.1, -0.05) is 54.2 Å². The number of aliphatic imine (C=N–C) groups is 1. The summed E-state index contributed by atoms with van der Waals surface area (Å²) in [7, 11) is 3.20. The smallest absolute Gasteiger partial charge is 0.278 e. The van der Waals surface area contributed by atoms with Gasteiger partial charge in [-0.25, -0.2) is 4.99 Å². The molecule has 7 nitrogen and oxygen atoms in total. The lowest BCUT2D eigenvalue weighted by Gasteiger charge is -2.18. The van der Waals surface area contributed by atoms with Crippen LogP contribution in [0.25, 0.3) is 6.08 Å². The highest BCUT2D eigenvalue weighted by Crippen LogP contribution is 2.26. The quantitative estimate of drug-likeness (QED) is 0.589. The summed E-state index contributed by atoms with van der Waals surface area (Å²) in [4.78, 5) is 31.6. The number of hydrogen-bond donors (Lipinski definition) is 1. The Balaban J connectivity index is 1.77. The van der Waals surface area contributed by atoms with E-state index in [1.807, 2.05) is 61.5 Å². The molecule has 3 rings (SSSR count). The number of hydrogen-bond acceptors (Lipinski definition) is 6. The lowest BCUT2D eigenvalue weighted by molar-refractivity contribution is -0.123. The highest BCUT2D eigenvalue weighted by Gasteiger charge is 2.31. The monoisotopic (exact) mass is 453 g/mol. The summed E-state index contributed by atoms with van der Waals surface area (Å²) < 4.78 is 10.2. The van der Waals surface area contributed by atoms with Crippen LogP contribution < -0.4 is 10.1 Å². The average molecular weight is 454 g/mol. The lowest BCUT2D eigenvalue weighted by atomic mass is 10.1. The Kier molecular flexibility index (Phi) is 8.47. The van der Waals surface area contributed by atoms with Crippen molar-refractivity contribution in [3.05, 3.63) is 71.4 Å². The normalized spacial score (nSPS) is 15.6. The number of nitrogens with one attached hydrogen (secondary N) is 1. The molecular weight excluding hydrogens is 426 g/mol. The SMILES string of the molecule is COCC(C)NC(=O)CSC1=N/C(=C\c2ccc(OC)cc2)C(=O)N1Cc1ccccc1. The van der Waals surface area contributed by atoms with Crippen LogP contribution in [0.15, 0.2) is 65.3 Å². The van der Waals surface area contributed by atoms with Crippen molar-refractivity contribution < 1.29 is 19.1 Å². The molecule has 2 aromatic carbocycles. The van der Waals surface area contributed by atoms with Crippen molar-refractivity contribution in [1.82, 2.24) is 10.2 Å². The first-order chi connectivity index (χ1) is 15.5. The molecule has 1 heterocycles. The molecule has 2 amide bonds. The van der Waals surface area contributed by atoms with Gasteiger partial charge in [0.1, 0.15) is 11.4 Å². The highest BCUT2D eigenvalue weighted by atomic mass is 32.2. The van der Waals surface area contributed by atoms with Gasteiger partial charge in [-0.3, -0.25) is 14.5 Å². The van der Waals surface area contributed by atoms with Crippen LogP contribution in [0.3, 0.4) is 0 Å². The van der Waals surface area contributed by atoms with E-state index in [-0.39, 0.29) is 23.6 Å². The standard InChI is InChI=1S/C24H27N3O4S/c1-17(15-30-2)25-22(28)16-32-24-26-21(13-18-9-11-20(31-3)12-10-18)23(29)27(24)14-19-7-5-4-6-8-19/h4-13,17H,14-16H2,1-3H3,(H,25,28)/b21-13-. The number of amidine groups is 1. The largest absolute Gasteiger partial charge is 0.497 e. The Labute approximate surface area is 192 Å². The summed E-state index contributed by atoms with van der Waals surface area (Å²) >= 11 is 1.25. The molecule has 0 saturated carbocycles. The zero-order valence-corrected chi connectivity index (χ0v) is 19.2. The Hall–Kier alpha value is -3.10. The van der Waals surface area contributed by atoms with Crippen molar-refractivity contribution in [3.8, 4) is 5.75 Å². The van der Waals surface area contributed by atoms with E-state index in [4.69, 9.17) is 9.47 Å². The van der Waals surface area contributed by atoms with E-state index in [1.54, 1.807) is 25.2 Å². The molecule has 1 atom stereocenters. The number of nitrogens with zero attached hydrogens (tertiary/aromatic N) is 2. The minimum atomic E-state index is -0.194. The molecular formula is C24H27N3O4S. The van der Waals surface area contributed by atoms with Crippen LogP contribution in [0.5, 0.6) is 5.75 Å². The van der Waals surface area contributed by atoms with Crippen LogP contribution in [0.1, 0.15) is 18.1 Å². The molecule has 168 valence electrons. The predicted molar refractivity (Wildman–Crippen MR) is 127 cm³/mol. The molecule has 8 heteroatoms. The molecule has 0 fully saturated rings. The minimum Gasteiger partial charge on any atom is -0.497 e. The number of benzene rings is 2. The second-order valence-corrected chi connectivity index (χ2v) is 8.23. The van der Waals surface area contributed by atoms with Gasteiger partial charge in [-0.2, -0.15) is 0 Å². The van der Waals surface area contributed by atoms with Crippen LogP contribution in [-0.4, -0.2) is 54.5 Å². The lowest BCUT2D eigenvalue weighted by Crippen LogP contribution is -2.37. The number of ether oxygens (including phenoxy) is 2. The van der Waals surface area contributed by atoms with Crippen LogP contribution >= 0.6 is 11.8 Å². The number of thioether (sulfide) groups is 1. The van der Waals surface area contributed by atoms with E-state index in [0.29, 0.717) is 24.0 Å². The van der Waals surface area contributed by atoms with Gasteiger partial charge in [0.25, 0.3) is 5.91 Å². The third-order valence-electron chi connectivity index (χ3n) is 4.67. The third-order valence-corrected chi connectivity index (χ3v) is 5.65. The number of carbonyl (C=O) groups is 2. The molecule has 0 radical (unpaired) electrons. The van der Waals surface area contributed by atoms with Gasteiger partial charge in [0.15, 0.2) is 5.17 Å². The van der Waals surface area contributed by atoms with E-state index < -0.39 is 0 Å². The second kappa shape index (κ2) is 11.5. The van der Waals surface area contributed by atoms with Gasteiger partial charge in [-0.05, 0) is 36.3 Å². The molecule has 2 aromatic rings.